The number of hydrogen-bond donors (Lipinski definition) is 3. The normalized spacial score (nSPS) is 16.2. The summed E-state index contributed by atoms with van der Waals surface area (Å²) < 4.78 is 35.1. The fourth-order valence-electron chi connectivity index (χ4n) is 2.72. The van der Waals surface area contributed by atoms with Crippen molar-refractivity contribution in [3.63, 3.8) is 0 Å². The number of allylic oxidation sites excluding steroid dienone is 4. The fraction of sp³-hybridized carbons (Fsp3) is 0. The van der Waals surface area contributed by atoms with Crippen molar-refractivity contribution in [1.82, 2.24) is 0 Å². The van der Waals surface area contributed by atoms with Crippen molar-refractivity contribution in [3.8, 4) is 11.5 Å². The average Bonchev–Trinajstić information content (AvgIpc) is 2.61. The highest BCUT2D eigenvalue weighted by Gasteiger charge is 2.20. The lowest BCUT2D eigenvalue weighted by Gasteiger charge is -2.19. The average molecular weight is 385 g/mol. The zero-order valence-electron chi connectivity index (χ0n) is 13.7. The SMILES string of the molecule is O=C1C=C/C(=C(\c2ccc(O)c(O)c2)c2ccccc2S(=O)(=O)[O-])C=C1O. The molecule has 0 saturated heterocycles. The van der Waals surface area contributed by atoms with Crippen molar-refractivity contribution in [2.75, 3.05) is 0 Å². The molecule has 0 aliphatic heterocycles. The van der Waals surface area contributed by atoms with Crippen LogP contribution in [0.1, 0.15) is 11.1 Å². The van der Waals surface area contributed by atoms with Gasteiger partial charge in [0.05, 0.1) is 4.90 Å². The molecule has 0 saturated carbocycles. The number of rotatable bonds is 3. The number of benzene rings is 2. The first kappa shape index (κ1) is 18.4. The van der Waals surface area contributed by atoms with E-state index in [1.807, 2.05) is 0 Å². The van der Waals surface area contributed by atoms with Gasteiger partial charge in [-0.05, 0) is 47.1 Å². The zero-order chi connectivity index (χ0) is 19.8. The van der Waals surface area contributed by atoms with Gasteiger partial charge in [-0.2, -0.15) is 0 Å². The highest BCUT2D eigenvalue weighted by atomic mass is 32.2. The number of ketones is 1. The number of aromatic hydroxyl groups is 2. The maximum absolute atomic E-state index is 11.7. The molecular weight excluding hydrogens is 372 g/mol. The molecule has 0 aromatic heterocycles. The predicted octanol–water partition coefficient (Wildman–Crippen LogP) is 2.38. The molecule has 0 amide bonds. The lowest BCUT2D eigenvalue weighted by Crippen LogP contribution is -2.07. The molecule has 2 aromatic rings. The predicted molar refractivity (Wildman–Crippen MR) is 95.1 cm³/mol. The third-order valence-corrected chi connectivity index (χ3v) is 4.83. The van der Waals surface area contributed by atoms with Crippen molar-refractivity contribution < 1.29 is 33.1 Å². The van der Waals surface area contributed by atoms with Gasteiger partial charge in [0.25, 0.3) is 0 Å². The van der Waals surface area contributed by atoms with Crippen LogP contribution in [0.15, 0.2) is 76.9 Å². The van der Waals surface area contributed by atoms with Gasteiger partial charge in [0.1, 0.15) is 10.1 Å². The van der Waals surface area contributed by atoms with E-state index in [4.69, 9.17) is 0 Å². The van der Waals surface area contributed by atoms with E-state index >= 15 is 0 Å². The van der Waals surface area contributed by atoms with Gasteiger partial charge in [0.2, 0.25) is 5.78 Å². The van der Waals surface area contributed by atoms with Gasteiger partial charge in [-0.3, -0.25) is 4.79 Å². The van der Waals surface area contributed by atoms with Crippen LogP contribution in [-0.4, -0.2) is 34.1 Å². The molecule has 8 heteroatoms. The van der Waals surface area contributed by atoms with Crippen LogP contribution in [-0.2, 0) is 14.9 Å². The molecule has 0 heterocycles. The van der Waals surface area contributed by atoms with Gasteiger partial charge in [-0.15, -0.1) is 0 Å². The Morgan fingerprint density at radius 3 is 2.26 bits per heavy atom. The first-order chi connectivity index (χ1) is 12.7. The topological polar surface area (TPSA) is 135 Å². The zero-order valence-corrected chi connectivity index (χ0v) is 14.5. The number of phenols is 2. The summed E-state index contributed by atoms with van der Waals surface area (Å²) in [6, 6.07) is 9.22. The Kier molecular flexibility index (Phi) is 4.61. The Labute approximate surface area is 154 Å². The van der Waals surface area contributed by atoms with E-state index in [2.05, 4.69) is 0 Å². The minimum atomic E-state index is -4.84. The molecule has 3 rings (SSSR count). The molecule has 0 fully saturated rings. The molecule has 1 aliphatic rings. The minimum Gasteiger partial charge on any atom is -0.744 e. The third-order valence-electron chi connectivity index (χ3n) is 3.94. The monoisotopic (exact) mass is 385 g/mol. The van der Waals surface area contributed by atoms with Crippen LogP contribution in [0.25, 0.3) is 5.57 Å². The summed E-state index contributed by atoms with van der Waals surface area (Å²) in [5.41, 5.74) is 0.707. The molecule has 0 spiro atoms. The Morgan fingerprint density at radius 2 is 1.63 bits per heavy atom. The van der Waals surface area contributed by atoms with Crippen molar-refractivity contribution in [3.05, 3.63) is 83.2 Å². The largest absolute Gasteiger partial charge is 0.744 e. The summed E-state index contributed by atoms with van der Waals surface area (Å²) in [4.78, 5) is 11.0. The fourth-order valence-corrected chi connectivity index (χ4v) is 3.41. The number of phenolic OH excluding ortho intramolecular Hbond substituents is 2. The smallest absolute Gasteiger partial charge is 0.220 e. The number of carbonyl (C=O) groups excluding carboxylic acids is 1. The Bertz CT molecular complexity index is 1140. The maximum atomic E-state index is 11.7. The molecule has 27 heavy (non-hydrogen) atoms. The van der Waals surface area contributed by atoms with E-state index in [1.54, 1.807) is 0 Å². The first-order valence-corrected chi connectivity index (χ1v) is 9.04. The van der Waals surface area contributed by atoms with Crippen LogP contribution in [0.5, 0.6) is 11.5 Å². The van der Waals surface area contributed by atoms with E-state index in [1.165, 1.54) is 42.5 Å². The van der Waals surface area contributed by atoms with Gasteiger partial charge in [-0.25, -0.2) is 8.42 Å². The van der Waals surface area contributed by atoms with Crippen molar-refractivity contribution in [2.45, 2.75) is 4.90 Å². The van der Waals surface area contributed by atoms with Crippen molar-refractivity contribution >= 4 is 21.5 Å². The van der Waals surface area contributed by atoms with Crippen LogP contribution in [0.4, 0.5) is 0 Å². The van der Waals surface area contributed by atoms with Gasteiger partial charge in [0.15, 0.2) is 17.3 Å². The summed E-state index contributed by atoms with van der Waals surface area (Å²) in [6.45, 7) is 0. The summed E-state index contributed by atoms with van der Waals surface area (Å²) in [5, 5.41) is 29.1. The summed E-state index contributed by atoms with van der Waals surface area (Å²) >= 11 is 0. The van der Waals surface area contributed by atoms with Gasteiger partial charge >= 0.3 is 0 Å². The quantitative estimate of drug-likeness (QED) is 0.545. The first-order valence-electron chi connectivity index (χ1n) is 7.63. The van der Waals surface area contributed by atoms with Crippen LogP contribution in [0, 0.1) is 0 Å². The van der Waals surface area contributed by atoms with Crippen LogP contribution in [0.3, 0.4) is 0 Å². The van der Waals surface area contributed by atoms with Gasteiger partial charge in [0, 0.05) is 5.56 Å². The Hall–Kier alpha value is -3.36. The van der Waals surface area contributed by atoms with E-state index < -0.39 is 32.3 Å². The molecule has 7 nitrogen and oxygen atoms in total. The summed E-state index contributed by atoms with van der Waals surface area (Å²) in [6.07, 6.45) is 3.59. The summed E-state index contributed by atoms with van der Waals surface area (Å²) in [5.74, 6) is -2.04. The van der Waals surface area contributed by atoms with Crippen LogP contribution >= 0.6 is 0 Å². The maximum Gasteiger partial charge on any atom is 0.220 e. The second kappa shape index (κ2) is 6.75. The minimum absolute atomic E-state index is 0.0237. The summed E-state index contributed by atoms with van der Waals surface area (Å²) in [7, 11) is -4.84. The number of carbonyl (C=O) groups is 1. The lowest BCUT2D eigenvalue weighted by molar-refractivity contribution is -0.113. The molecule has 2 aromatic carbocycles. The van der Waals surface area contributed by atoms with Crippen molar-refractivity contribution in [2.24, 2.45) is 0 Å². The van der Waals surface area contributed by atoms with E-state index in [9.17, 15) is 33.1 Å². The van der Waals surface area contributed by atoms with E-state index in [0.717, 1.165) is 18.2 Å². The molecule has 138 valence electrons. The Morgan fingerprint density at radius 1 is 0.926 bits per heavy atom. The van der Waals surface area contributed by atoms with E-state index in [0.29, 0.717) is 0 Å². The molecular formula is C19H13O7S-. The molecule has 0 bridgehead atoms. The molecule has 3 N–H and O–H groups in total. The van der Waals surface area contributed by atoms with Crippen molar-refractivity contribution in [1.29, 1.82) is 0 Å². The van der Waals surface area contributed by atoms with Gasteiger partial charge < -0.3 is 19.9 Å². The molecule has 0 radical (unpaired) electrons. The van der Waals surface area contributed by atoms with E-state index in [-0.39, 0.29) is 28.0 Å². The second-order valence-corrected chi connectivity index (χ2v) is 7.06. The lowest BCUT2D eigenvalue weighted by atomic mass is 9.90. The number of aliphatic hydroxyl groups is 1. The number of aliphatic hydroxyl groups excluding tert-OH is 1. The standard InChI is InChI=1S/C19H14O7S/c20-14-7-5-11(9-16(14)22)19(12-6-8-15(21)17(23)10-12)13-3-1-2-4-18(13)27(24,25)26/h1-10,20,22-23H,(H,24,25,26)/p-1/b19-12-. The Balaban J connectivity index is 2.40. The second-order valence-electron chi connectivity index (χ2n) is 5.71. The highest BCUT2D eigenvalue weighted by molar-refractivity contribution is 7.85. The molecule has 0 atom stereocenters. The molecule has 0 unspecified atom stereocenters. The third kappa shape index (κ3) is 3.62. The van der Waals surface area contributed by atoms with Crippen LogP contribution < -0.4 is 0 Å². The number of hydrogen-bond acceptors (Lipinski definition) is 7. The van der Waals surface area contributed by atoms with Crippen LogP contribution in [0.2, 0.25) is 0 Å². The van der Waals surface area contributed by atoms with Gasteiger partial charge in [-0.1, -0.05) is 30.3 Å². The highest BCUT2D eigenvalue weighted by Crippen LogP contribution is 2.37. The molecule has 1 aliphatic carbocycles.